The van der Waals surface area contributed by atoms with Gasteiger partial charge in [-0.15, -0.1) is 0 Å². The van der Waals surface area contributed by atoms with Crippen LogP contribution in [0.2, 0.25) is 0 Å². The normalized spacial score (nSPS) is 14.3. The van der Waals surface area contributed by atoms with Crippen LogP contribution in [0.4, 0.5) is 5.69 Å². The highest BCUT2D eigenvalue weighted by atomic mass is 32.2. The van der Waals surface area contributed by atoms with Crippen LogP contribution in [0.1, 0.15) is 12.5 Å². The fraction of sp³-hybridized carbons (Fsp3) is 0.211. The Hall–Kier alpha value is -3.20. The molecule has 8 nitrogen and oxygen atoms in total. The molecule has 0 fully saturated rings. The van der Waals surface area contributed by atoms with Crippen molar-refractivity contribution in [3.63, 3.8) is 0 Å². The number of nitrogens with one attached hydrogen (secondary N) is 1. The highest BCUT2D eigenvalue weighted by Crippen LogP contribution is 2.31. The number of rotatable bonds is 5. The molecule has 0 spiro atoms. The lowest BCUT2D eigenvalue weighted by molar-refractivity contribution is -0.125. The molecule has 2 aromatic rings. The van der Waals surface area contributed by atoms with E-state index in [4.69, 9.17) is 4.74 Å². The highest BCUT2D eigenvalue weighted by Gasteiger charge is 2.26. The maximum Gasteiger partial charge on any atom is 0.265 e. The first-order valence-corrected chi connectivity index (χ1v) is 10.3. The first kappa shape index (κ1) is 19.6. The summed E-state index contributed by atoms with van der Waals surface area (Å²) >= 11 is 0. The van der Waals surface area contributed by atoms with Crippen molar-refractivity contribution in [2.24, 2.45) is 5.10 Å². The van der Waals surface area contributed by atoms with Crippen molar-refractivity contribution in [2.45, 2.75) is 11.8 Å². The molecule has 2 amide bonds. The maximum atomic E-state index is 12.3. The SMILES string of the molecule is C/C(=N/NC(=O)CN1C(=O)COc2ccccc21)c1ccc(S(C)(=O)=O)cc1. The van der Waals surface area contributed by atoms with Gasteiger partial charge in [0.2, 0.25) is 0 Å². The van der Waals surface area contributed by atoms with Gasteiger partial charge in [0, 0.05) is 6.26 Å². The summed E-state index contributed by atoms with van der Waals surface area (Å²) in [5, 5.41) is 4.03. The molecule has 1 heterocycles. The number of amides is 2. The Labute approximate surface area is 162 Å². The molecule has 0 aromatic heterocycles. The number of para-hydroxylation sites is 2. The van der Waals surface area contributed by atoms with Crippen molar-refractivity contribution in [1.82, 2.24) is 5.43 Å². The second kappa shape index (κ2) is 7.81. The fourth-order valence-corrected chi connectivity index (χ4v) is 3.29. The van der Waals surface area contributed by atoms with E-state index in [1.807, 2.05) is 0 Å². The minimum atomic E-state index is -3.27. The summed E-state index contributed by atoms with van der Waals surface area (Å²) in [6.07, 6.45) is 1.13. The van der Waals surface area contributed by atoms with Crippen molar-refractivity contribution in [3.8, 4) is 5.75 Å². The summed E-state index contributed by atoms with van der Waals surface area (Å²) < 4.78 is 28.4. The Balaban J connectivity index is 1.67. The van der Waals surface area contributed by atoms with E-state index in [9.17, 15) is 18.0 Å². The number of hydrazone groups is 1. The van der Waals surface area contributed by atoms with Gasteiger partial charge in [0.05, 0.1) is 16.3 Å². The second-order valence-electron chi connectivity index (χ2n) is 6.27. The van der Waals surface area contributed by atoms with Gasteiger partial charge < -0.3 is 4.74 Å². The predicted octanol–water partition coefficient (Wildman–Crippen LogP) is 1.36. The summed E-state index contributed by atoms with van der Waals surface area (Å²) in [7, 11) is -3.27. The molecule has 2 aromatic carbocycles. The first-order chi connectivity index (χ1) is 13.3. The number of nitrogens with zero attached hydrogens (tertiary/aromatic N) is 2. The van der Waals surface area contributed by atoms with E-state index < -0.39 is 15.7 Å². The van der Waals surface area contributed by atoms with Gasteiger partial charge in [-0.2, -0.15) is 5.10 Å². The Morgan fingerprint density at radius 1 is 1.18 bits per heavy atom. The van der Waals surface area contributed by atoms with Crippen molar-refractivity contribution in [1.29, 1.82) is 0 Å². The summed E-state index contributed by atoms with van der Waals surface area (Å²) in [6.45, 7) is 1.37. The fourth-order valence-electron chi connectivity index (χ4n) is 2.66. The van der Waals surface area contributed by atoms with E-state index in [1.54, 1.807) is 43.3 Å². The Bertz CT molecular complexity index is 1050. The number of hydrogen-bond donors (Lipinski definition) is 1. The van der Waals surface area contributed by atoms with Gasteiger partial charge >= 0.3 is 0 Å². The molecule has 0 unspecified atom stereocenters. The molecule has 0 saturated heterocycles. The summed E-state index contributed by atoms with van der Waals surface area (Å²) in [5.41, 5.74) is 4.12. The lowest BCUT2D eigenvalue weighted by Gasteiger charge is -2.28. The van der Waals surface area contributed by atoms with Crippen LogP contribution >= 0.6 is 0 Å². The third-order valence-corrected chi connectivity index (χ3v) is 5.29. The molecule has 1 aliphatic rings. The van der Waals surface area contributed by atoms with Gasteiger partial charge in [0.25, 0.3) is 11.8 Å². The minimum absolute atomic E-state index is 0.126. The third-order valence-electron chi connectivity index (χ3n) is 4.16. The van der Waals surface area contributed by atoms with Crippen molar-refractivity contribution in [2.75, 3.05) is 24.3 Å². The van der Waals surface area contributed by atoms with Crippen LogP contribution in [0, 0.1) is 0 Å². The second-order valence-corrected chi connectivity index (χ2v) is 8.28. The van der Waals surface area contributed by atoms with Crippen LogP contribution in [0.3, 0.4) is 0 Å². The Morgan fingerprint density at radius 3 is 2.54 bits per heavy atom. The summed E-state index contributed by atoms with van der Waals surface area (Å²) in [5.74, 6) is -0.233. The average Bonchev–Trinajstić information content (AvgIpc) is 2.68. The van der Waals surface area contributed by atoms with Gasteiger partial charge in [0.15, 0.2) is 16.4 Å². The largest absolute Gasteiger partial charge is 0.482 e. The van der Waals surface area contributed by atoms with E-state index in [0.29, 0.717) is 22.7 Å². The van der Waals surface area contributed by atoms with E-state index >= 15 is 0 Å². The van der Waals surface area contributed by atoms with Crippen LogP contribution in [-0.2, 0) is 19.4 Å². The summed E-state index contributed by atoms with van der Waals surface area (Å²) in [6, 6.07) is 13.2. The Kier molecular flexibility index (Phi) is 5.46. The third kappa shape index (κ3) is 4.37. The molecular weight excluding hydrogens is 382 g/mol. The molecular formula is C19H19N3O5S. The molecule has 0 saturated carbocycles. The van der Waals surface area contributed by atoms with Crippen molar-refractivity contribution >= 4 is 33.1 Å². The standard InChI is InChI=1S/C19H19N3O5S/c1-13(14-7-9-15(10-8-14)28(2,25)26)20-21-18(23)11-22-16-5-3-4-6-17(16)27-12-19(22)24/h3-10H,11-12H2,1-2H3,(H,21,23)/b20-13-. The number of ether oxygens (including phenoxy) is 1. The molecule has 3 rings (SSSR count). The number of carbonyl (C=O) groups excluding carboxylic acids is 2. The lowest BCUT2D eigenvalue weighted by Crippen LogP contribution is -2.44. The predicted molar refractivity (Wildman–Crippen MR) is 104 cm³/mol. The number of benzene rings is 2. The first-order valence-electron chi connectivity index (χ1n) is 8.41. The topological polar surface area (TPSA) is 105 Å². The number of sulfone groups is 1. The molecule has 1 N–H and O–H groups in total. The molecule has 28 heavy (non-hydrogen) atoms. The molecule has 0 bridgehead atoms. The number of fused-ring (bicyclic) bond motifs is 1. The Morgan fingerprint density at radius 2 is 1.86 bits per heavy atom. The zero-order valence-electron chi connectivity index (χ0n) is 15.4. The van der Waals surface area contributed by atoms with Crippen LogP contribution in [0.15, 0.2) is 58.5 Å². The van der Waals surface area contributed by atoms with Crippen molar-refractivity contribution in [3.05, 3.63) is 54.1 Å². The number of anilines is 1. The van der Waals surface area contributed by atoms with E-state index in [0.717, 1.165) is 6.26 Å². The molecule has 0 atom stereocenters. The number of carbonyl (C=O) groups is 2. The molecule has 0 aliphatic carbocycles. The van der Waals surface area contributed by atoms with Gasteiger partial charge in [-0.05, 0) is 36.8 Å². The van der Waals surface area contributed by atoms with Gasteiger partial charge in [0.1, 0.15) is 12.3 Å². The summed E-state index contributed by atoms with van der Waals surface area (Å²) in [4.78, 5) is 25.9. The zero-order valence-corrected chi connectivity index (χ0v) is 16.2. The average molecular weight is 401 g/mol. The quantitative estimate of drug-likeness (QED) is 0.602. The smallest absolute Gasteiger partial charge is 0.265 e. The zero-order chi connectivity index (χ0) is 20.3. The van der Waals surface area contributed by atoms with Gasteiger partial charge in [-0.1, -0.05) is 24.3 Å². The van der Waals surface area contributed by atoms with Crippen LogP contribution in [0.5, 0.6) is 5.75 Å². The molecule has 0 radical (unpaired) electrons. The number of hydrogen-bond acceptors (Lipinski definition) is 6. The van der Waals surface area contributed by atoms with E-state index in [-0.39, 0.29) is 24.0 Å². The van der Waals surface area contributed by atoms with Crippen LogP contribution in [-0.4, -0.2) is 45.4 Å². The van der Waals surface area contributed by atoms with Gasteiger partial charge in [-0.3, -0.25) is 14.5 Å². The molecule has 9 heteroatoms. The highest BCUT2D eigenvalue weighted by molar-refractivity contribution is 7.90. The maximum absolute atomic E-state index is 12.3. The van der Waals surface area contributed by atoms with E-state index in [1.165, 1.54) is 17.0 Å². The van der Waals surface area contributed by atoms with E-state index in [2.05, 4.69) is 10.5 Å². The van der Waals surface area contributed by atoms with Crippen LogP contribution in [0.25, 0.3) is 0 Å². The lowest BCUT2D eigenvalue weighted by atomic mass is 10.1. The van der Waals surface area contributed by atoms with Crippen molar-refractivity contribution < 1.29 is 22.7 Å². The minimum Gasteiger partial charge on any atom is -0.482 e. The van der Waals surface area contributed by atoms with Crippen LogP contribution < -0.4 is 15.1 Å². The van der Waals surface area contributed by atoms with Gasteiger partial charge in [-0.25, -0.2) is 13.8 Å². The molecule has 146 valence electrons. The molecule has 1 aliphatic heterocycles. The monoisotopic (exact) mass is 401 g/mol.